The number of hydrogen-bond acceptors (Lipinski definition) is 6. The molecule has 9 heteroatoms. The maximum Gasteiger partial charge on any atom is 0.314 e. The van der Waals surface area contributed by atoms with Crippen molar-refractivity contribution in [2.45, 2.75) is 26.3 Å². The third-order valence-electron chi connectivity index (χ3n) is 4.56. The average Bonchev–Trinajstić information content (AvgIpc) is 2.56. The Morgan fingerprint density at radius 1 is 1.36 bits per heavy atom. The van der Waals surface area contributed by atoms with Crippen molar-refractivity contribution >= 4 is 30.5 Å². The van der Waals surface area contributed by atoms with E-state index in [2.05, 4.69) is 24.1 Å². The lowest BCUT2D eigenvalue weighted by Crippen LogP contribution is -2.46. The van der Waals surface area contributed by atoms with Crippen LogP contribution in [0.25, 0.3) is 0 Å². The van der Waals surface area contributed by atoms with Crippen LogP contribution in [0.1, 0.15) is 31.9 Å². The topological polar surface area (TPSA) is 87.9 Å². The van der Waals surface area contributed by atoms with Gasteiger partial charge in [-0.1, -0.05) is 20.3 Å². The normalized spacial score (nSPS) is 16.9. The molecule has 1 aliphatic rings. The van der Waals surface area contributed by atoms with Crippen molar-refractivity contribution in [1.29, 1.82) is 0 Å². The van der Waals surface area contributed by atoms with Gasteiger partial charge in [-0.3, -0.25) is 15.0 Å². The number of nitrogens with zero attached hydrogens (tertiary/aromatic N) is 2. The lowest BCUT2D eigenvalue weighted by atomic mass is 9.90. The number of phenolic OH excluding ortho intramolecular Hbond substituents is 1. The fourth-order valence-electron chi connectivity index (χ4n) is 3.16. The molecule has 7 nitrogen and oxygen atoms in total. The molecule has 1 fully saturated rings. The van der Waals surface area contributed by atoms with Crippen molar-refractivity contribution in [3.63, 3.8) is 0 Å². The third-order valence-corrected chi connectivity index (χ3v) is 4.56. The van der Waals surface area contributed by atoms with Gasteiger partial charge in [0, 0.05) is 38.3 Å². The fraction of sp³-hybridized carbons (Fsp3) is 0.625. The summed E-state index contributed by atoms with van der Waals surface area (Å²) in [6.07, 6.45) is 0.964. The number of aromatic hydroxyl groups is 1. The summed E-state index contributed by atoms with van der Waals surface area (Å²) in [4.78, 5) is 13.0. The van der Waals surface area contributed by atoms with Crippen LogP contribution in [0.3, 0.4) is 0 Å². The monoisotopic (exact) mass is 395 g/mol. The number of nitrogens with one attached hydrogen (secondary N) is 1. The minimum atomic E-state index is -0.563. The standard InChI is InChI=1S/C16H25N3O4.2ClH/c1-4-11(2)15(18-7-5-17-6-8-18)12-9-13(19(21)22)16(20)14(10-12)23-3;;/h9-11,15,17,20H,4-8H2,1-3H3;2*1H/t11?,15-;;/m0../s1. The van der Waals surface area contributed by atoms with Crippen molar-refractivity contribution in [2.24, 2.45) is 5.92 Å². The highest BCUT2D eigenvalue weighted by Crippen LogP contribution is 2.41. The van der Waals surface area contributed by atoms with Gasteiger partial charge >= 0.3 is 5.69 Å². The molecular weight excluding hydrogens is 369 g/mol. The summed E-state index contributed by atoms with van der Waals surface area (Å²) in [5.74, 6) is 0.0732. The van der Waals surface area contributed by atoms with Gasteiger partial charge in [0.15, 0.2) is 5.75 Å². The van der Waals surface area contributed by atoms with Crippen LogP contribution in [0, 0.1) is 16.0 Å². The van der Waals surface area contributed by atoms with E-state index in [0.717, 1.165) is 38.2 Å². The van der Waals surface area contributed by atoms with Gasteiger partial charge in [0.1, 0.15) is 0 Å². The molecule has 1 saturated heterocycles. The Morgan fingerprint density at radius 2 is 1.96 bits per heavy atom. The smallest absolute Gasteiger partial charge is 0.314 e. The maximum absolute atomic E-state index is 11.2. The summed E-state index contributed by atoms with van der Waals surface area (Å²) in [5, 5.41) is 24.6. The van der Waals surface area contributed by atoms with Gasteiger partial charge in [0.05, 0.1) is 12.0 Å². The number of ether oxygens (including phenoxy) is 1. The molecule has 25 heavy (non-hydrogen) atoms. The molecule has 0 aromatic heterocycles. The molecule has 1 heterocycles. The molecule has 0 aliphatic carbocycles. The van der Waals surface area contributed by atoms with Crippen LogP contribution in [-0.4, -0.2) is 48.2 Å². The first-order chi connectivity index (χ1) is 11.0. The number of nitro groups is 1. The largest absolute Gasteiger partial charge is 0.500 e. The molecule has 1 aromatic carbocycles. The van der Waals surface area contributed by atoms with E-state index in [0.29, 0.717) is 5.92 Å². The van der Waals surface area contributed by atoms with Crippen molar-refractivity contribution in [2.75, 3.05) is 33.3 Å². The number of phenols is 1. The number of halogens is 2. The Bertz CT molecular complexity index is 569. The lowest BCUT2D eigenvalue weighted by molar-refractivity contribution is -0.386. The van der Waals surface area contributed by atoms with Gasteiger partial charge in [0.25, 0.3) is 0 Å². The number of benzene rings is 1. The molecule has 1 unspecified atom stereocenters. The predicted molar refractivity (Wildman–Crippen MR) is 102 cm³/mol. The Balaban J connectivity index is 0.00000288. The highest BCUT2D eigenvalue weighted by atomic mass is 35.5. The first-order valence-electron chi connectivity index (χ1n) is 7.99. The summed E-state index contributed by atoms with van der Waals surface area (Å²) >= 11 is 0. The van der Waals surface area contributed by atoms with E-state index >= 15 is 0 Å². The van der Waals surface area contributed by atoms with Crippen molar-refractivity contribution < 1.29 is 14.8 Å². The van der Waals surface area contributed by atoms with Crippen LogP contribution < -0.4 is 10.1 Å². The molecule has 0 spiro atoms. The van der Waals surface area contributed by atoms with E-state index < -0.39 is 10.7 Å². The van der Waals surface area contributed by atoms with Crippen molar-refractivity contribution in [3.05, 3.63) is 27.8 Å². The SMILES string of the molecule is CCC(C)[C@@H](c1cc(OC)c(O)c([N+](=O)[O-])c1)N1CCNCC1.Cl.Cl. The number of nitro benzene ring substituents is 1. The molecular formula is C16H27Cl2N3O4. The second kappa shape index (κ2) is 10.7. The van der Waals surface area contributed by atoms with Crippen LogP contribution in [0.2, 0.25) is 0 Å². The summed E-state index contributed by atoms with van der Waals surface area (Å²) < 4.78 is 5.14. The zero-order chi connectivity index (χ0) is 17.0. The average molecular weight is 396 g/mol. The summed E-state index contributed by atoms with van der Waals surface area (Å²) in [6.45, 7) is 7.87. The van der Waals surface area contributed by atoms with Crippen LogP contribution in [0.4, 0.5) is 5.69 Å². The Hall–Kier alpha value is -1.28. The predicted octanol–water partition coefficient (Wildman–Crippen LogP) is 3.15. The zero-order valence-electron chi connectivity index (χ0n) is 14.7. The second-order valence-corrected chi connectivity index (χ2v) is 5.96. The quantitative estimate of drug-likeness (QED) is 0.568. The molecule has 2 rings (SSSR count). The molecule has 1 aromatic rings. The molecule has 0 bridgehead atoms. The lowest BCUT2D eigenvalue weighted by Gasteiger charge is -2.38. The third kappa shape index (κ3) is 5.34. The van der Waals surface area contributed by atoms with Gasteiger partial charge in [-0.25, -0.2) is 0 Å². The highest BCUT2D eigenvalue weighted by Gasteiger charge is 2.30. The van der Waals surface area contributed by atoms with Crippen molar-refractivity contribution in [1.82, 2.24) is 10.2 Å². The Morgan fingerprint density at radius 3 is 2.44 bits per heavy atom. The van der Waals surface area contributed by atoms with Gasteiger partial charge in [-0.15, -0.1) is 24.8 Å². The van der Waals surface area contributed by atoms with E-state index in [1.54, 1.807) is 6.07 Å². The van der Waals surface area contributed by atoms with Gasteiger partial charge in [0.2, 0.25) is 5.75 Å². The molecule has 144 valence electrons. The molecule has 2 N–H and O–H groups in total. The molecule has 1 aliphatic heterocycles. The number of piperazine rings is 1. The molecule has 2 atom stereocenters. The van der Waals surface area contributed by atoms with Crippen molar-refractivity contribution in [3.8, 4) is 11.5 Å². The summed E-state index contributed by atoms with van der Waals surface area (Å²) in [7, 11) is 1.41. The van der Waals surface area contributed by atoms with E-state index in [9.17, 15) is 15.2 Å². The van der Waals surface area contributed by atoms with Gasteiger partial charge < -0.3 is 15.2 Å². The number of methoxy groups -OCH3 is 1. The maximum atomic E-state index is 11.2. The Labute approximate surface area is 160 Å². The first kappa shape index (κ1) is 23.7. The van der Waals surface area contributed by atoms with Gasteiger partial charge in [-0.05, 0) is 17.5 Å². The van der Waals surface area contributed by atoms with E-state index in [1.807, 2.05) is 0 Å². The molecule has 0 saturated carbocycles. The molecule has 0 amide bonds. The minimum Gasteiger partial charge on any atom is -0.500 e. The van der Waals surface area contributed by atoms with Crippen LogP contribution in [0.15, 0.2) is 12.1 Å². The van der Waals surface area contributed by atoms with Gasteiger partial charge in [-0.2, -0.15) is 0 Å². The first-order valence-corrected chi connectivity index (χ1v) is 7.99. The van der Waals surface area contributed by atoms with E-state index in [-0.39, 0.29) is 42.3 Å². The van der Waals surface area contributed by atoms with E-state index in [4.69, 9.17) is 4.74 Å². The summed E-state index contributed by atoms with van der Waals surface area (Å²) in [5.41, 5.74) is 0.519. The number of rotatable bonds is 6. The highest BCUT2D eigenvalue weighted by molar-refractivity contribution is 5.85. The van der Waals surface area contributed by atoms with Crippen LogP contribution in [-0.2, 0) is 0 Å². The zero-order valence-corrected chi connectivity index (χ0v) is 16.4. The molecule has 0 radical (unpaired) electrons. The minimum absolute atomic E-state index is 0. The Kier molecular flexibility index (Phi) is 10.1. The fourth-order valence-corrected chi connectivity index (χ4v) is 3.16. The number of hydrogen-bond donors (Lipinski definition) is 2. The van der Waals surface area contributed by atoms with Crippen LogP contribution in [0.5, 0.6) is 11.5 Å². The summed E-state index contributed by atoms with van der Waals surface area (Å²) in [6, 6.07) is 3.27. The van der Waals surface area contributed by atoms with Crippen LogP contribution >= 0.6 is 24.8 Å². The van der Waals surface area contributed by atoms with E-state index in [1.165, 1.54) is 13.2 Å². The second-order valence-electron chi connectivity index (χ2n) is 5.96.